The van der Waals surface area contributed by atoms with Gasteiger partial charge in [0.15, 0.2) is 5.82 Å². The zero-order valence-electron chi connectivity index (χ0n) is 8.26. The normalized spacial score (nSPS) is 11.1. The number of nitrogen functional groups attached to an aromatic ring is 1. The lowest BCUT2D eigenvalue weighted by Crippen LogP contribution is -2.10. The monoisotopic (exact) mass is 242 g/mol. The van der Waals surface area contributed by atoms with Gasteiger partial charge in [0.05, 0.1) is 5.69 Å². The zero-order chi connectivity index (χ0) is 11.0. The fourth-order valence-electron chi connectivity index (χ4n) is 1.20. The highest BCUT2D eigenvalue weighted by Gasteiger charge is 2.18. The number of hydrogen-bond acceptors (Lipinski definition) is 6. The van der Waals surface area contributed by atoms with E-state index in [1.54, 1.807) is 0 Å². The first-order valence-electron chi connectivity index (χ1n) is 4.36. The average Bonchev–Trinajstić information content (AvgIpc) is 2.75. The SMILES string of the molecule is CC(C)c1nnsc1-c1n[nH]c(=S)n1N. The molecule has 8 heteroatoms. The van der Waals surface area contributed by atoms with Crippen molar-refractivity contribution in [2.24, 2.45) is 0 Å². The molecule has 6 nitrogen and oxygen atoms in total. The van der Waals surface area contributed by atoms with Crippen LogP contribution in [0.4, 0.5) is 0 Å². The Morgan fingerprint density at radius 2 is 2.27 bits per heavy atom. The Kier molecular flexibility index (Phi) is 2.53. The van der Waals surface area contributed by atoms with Crippen LogP contribution >= 0.6 is 23.8 Å². The van der Waals surface area contributed by atoms with Crippen LogP contribution in [-0.4, -0.2) is 24.5 Å². The third kappa shape index (κ3) is 1.65. The predicted octanol–water partition coefficient (Wildman–Crippen LogP) is 1.30. The Bertz CT molecular complexity index is 522. The first kappa shape index (κ1) is 10.2. The first-order chi connectivity index (χ1) is 7.11. The van der Waals surface area contributed by atoms with Gasteiger partial charge in [0, 0.05) is 0 Å². The molecule has 80 valence electrons. The van der Waals surface area contributed by atoms with Crippen LogP contribution in [0.2, 0.25) is 0 Å². The van der Waals surface area contributed by atoms with Gasteiger partial charge in [-0.2, -0.15) is 5.10 Å². The molecule has 0 bridgehead atoms. The molecule has 0 fully saturated rings. The maximum Gasteiger partial charge on any atom is 0.214 e. The molecule has 0 saturated carbocycles. The predicted molar refractivity (Wildman–Crippen MR) is 60.6 cm³/mol. The fourth-order valence-corrected chi connectivity index (χ4v) is 2.13. The molecule has 0 aliphatic heterocycles. The second-order valence-electron chi connectivity index (χ2n) is 3.36. The minimum Gasteiger partial charge on any atom is -0.335 e. The van der Waals surface area contributed by atoms with Crippen molar-refractivity contribution in [1.82, 2.24) is 24.5 Å². The first-order valence-corrected chi connectivity index (χ1v) is 5.54. The molecule has 0 radical (unpaired) electrons. The molecule has 0 atom stereocenters. The molecule has 2 rings (SSSR count). The van der Waals surface area contributed by atoms with Gasteiger partial charge in [0.2, 0.25) is 4.77 Å². The van der Waals surface area contributed by atoms with Crippen molar-refractivity contribution < 1.29 is 0 Å². The molecule has 0 amide bonds. The van der Waals surface area contributed by atoms with Gasteiger partial charge in [0.25, 0.3) is 0 Å². The molecule has 2 aromatic heterocycles. The second-order valence-corrected chi connectivity index (χ2v) is 4.51. The van der Waals surface area contributed by atoms with E-state index in [0.717, 1.165) is 10.6 Å². The number of rotatable bonds is 2. The minimum atomic E-state index is 0.282. The summed E-state index contributed by atoms with van der Waals surface area (Å²) in [6.07, 6.45) is 0. The summed E-state index contributed by atoms with van der Waals surface area (Å²) >= 11 is 6.21. The number of nitrogens with one attached hydrogen (secondary N) is 1. The van der Waals surface area contributed by atoms with Crippen molar-refractivity contribution in [2.75, 3.05) is 5.84 Å². The van der Waals surface area contributed by atoms with Crippen LogP contribution in [0.15, 0.2) is 0 Å². The van der Waals surface area contributed by atoms with Crippen LogP contribution in [0.3, 0.4) is 0 Å². The van der Waals surface area contributed by atoms with Gasteiger partial charge in [-0.1, -0.05) is 18.3 Å². The summed E-state index contributed by atoms with van der Waals surface area (Å²) in [4.78, 5) is 0.861. The summed E-state index contributed by atoms with van der Waals surface area (Å²) in [7, 11) is 0. The Morgan fingerprint density at radius 3 is 2.80 bits per heavy atom. The summed E-state index contributed by atoms with van der Waals surface area (Å²) in [6, 6.07) is 0. The van der Waals surface area contributed by atoms with Gasteiger partial charge in [0.1, 0.15) is 4.88 Å². The Labute approximate surface area is 95.3 Å². The van der Waals surface area contributed by atoms with Gasteiger partial charge in [-0.25, -0.2) is 9.77 Å². The van der Waals surface area contributed by atoms with Crippen LogP contribution in [0.5, 0.6) is 0 Å². The molecule has 0 spiro atoms. The van der Waals surface area contributed by atoms with Crippen LogP contribution in [0, 0.1) is 4.77 Å². The minimum absolute atomic E-state index is 0.282. The van der Waals surface area contributed by atoms with E-state index in [0.29, 0.717) is 10.6 Å². The molecule has 15 heavy (non-hydrogen) atoms. The number of nitrogens with two attached hydrogens (primary N) is 1. The van der Waals surface area contributed by atoms with E-state index in [9.17, 15) is 0 Å². The van der Waals surface area contributed by atoms with E-state index >= 15 is 0 Å². The zero-order valence-corrected chi connectivity index (χ0v) is 9.89. The van der Waals surface area contributed by atoms with Gasteiger partial charge in [-0.3, -0.25) is 0 Å². The number of H-pyrrole nitrogens is 1. The van der Waals surface area contributed by atoms with E-state index in [1.165, 1.54) is 16.2 Å². The van der Waals surface area contributed by atoms with Crippen molar-refractivity contribution in [2.45, 2.75) is 19.8 Å². The molecular formula is C7H10N6S2. The molecule has 0 aliphatic rings. The maximum atomic E-state index is 5.73. The third-order valence-electron chi connectivity index (χ3n) is 1.97. The number of aromatic nitrogens is 5. The quantitative estimate of drug-likeness (QED) is 0.612. The van der Waals surface area contributed by atoms with Crippen LogP contribution in [0.1, 0.15) is 25.5 Å². The smallest absolute Gasteiger partial charge is 0.214 e. The van der Waals surface area contributed by atoms with Gasteiger partial charge < -0.3 is 5.84 Å². The maximum absolute atomic E-state index is 5.73. The summed E-state index contributed by atoms with van der Waals surface area (Å²) in [6.45, 7) is 4.09. The van der Waals surface area contributed by atoms with Crippen LogP contribution < -0.4 is 5.84 Å². The second kappa shape index (κ2) is 3.70. The van der Waals surface area contributed by atoms with Crippen molar-refractivity contribution in [3.8, 4) is 10.7 Å². The van der Waals surface area contributed by atoms with E-state index in [1.807, 2.05) is 13.8 Å². The lowest BCUT2D eigenvalue weighted by Gasteiger charge is -2.02. The summed E-state index contributed by atoms with van der Waals surface area (Å²) in [5, 5.41) is 10.7. The highest BCUT2D eigenvalue weighted by molar-refractivity contribution is 7.71. The van der Waals surface area contributed by atoms with Crippen molar-refractivity contribution in [3.05, 3.63) is 10.5 Å². The van der Waals surface area contributed by atoms with E-state index < -0.39 is 0 Å². The fraction of sp³-hybridized carbons (Fsp3) is 0.429. The summed E-state index contributed by atoms with van der Waals surface area (Å²) in [5.41, 5.74) is 0.890. The van der Waals surface area contributed by atoms with Crippen molar-refractivity contribution in [3.63, 3.8) is 0 Å². The van der Waals surface area contributed by atoms with E-state index in [-0.39, 0.29) is 5.92 Å². The van der Waals surface area contributed by atoms with Gasteiger partial charge in [-0.15, -0.1) is 5.10 Å². The average molecular weight is 242 g/mol. The molecule has 0 unspecified atom stereocenters. The summed E-state index contributed by atoms with van der Waals surface area (Å²) < 4.78 is 5.62. The Morgan fingerprint density at radius 1 is 1.53 bits per heavy atom. The highest BCUT2D eigenvalue weighted by atomic mass is 32.1. The Balaban J connectivity index is 2.59. The third-order valence-corrected chi connectivity index (χ3v) is 2.99. The highest BCUT2D eigenvalue weighted by Crippen LogP contribution is 2.28. The van der Waals surface area contributed by atoms with Crippen molar-refractivity contribution in [1.29, 1.82) is 0 Å². The van der Waals surface area contributed by atoms with Crippen LogP contribution in [-0.2, 0) is 0 Å². The number of aromatic amines is 1. The topological polar surface area (TPSA) is 85.4 Å². The largest absolute Gasteiger partial charge is 0.335 e. The lowest BCUT2D eigenvalue weighted by atomic mass is 10.1. The standard InChI is InChI=1S/C7H10N6S2/c1-3(2)4-5(15-12-9-4)6-10-11-7(14)13(6)8/h3H,8H2,1-2H3,(H,11,14). The molecule has 2 aromatic rings. The molecule has 0 aromatic carbocycles. The molecular weight excluding hydrogens is 232 g/mol. The van der Waals surface area contributed by atoms with Gasteiger partial charge >= 0.3 is 0 Å². The molecule has 2 heterocycles. The molecule has 0 saturated heterocycles. The molecule has 3 N–H and O–H groups in total. The van der Waals surface area contributed by atoms with Crippen LogP contribution in [0.25, 0.3) is 10.7 Å². The number of hydrogen-bond donors (Lipinski definition) is 2. The van der Waals surface area contributed by atoms with Gasteiger partial charge in [-0.05, 0) is 29.7 Å². The molecule has 0 aliphatic carbocycles. The van der Waals surface area contributed by atoms with Crippen molar-refractivity contribution >= 4 is 23.8 Å². The summed E-state index contributed by atoms with van der Waals surface area (Å²) in [5.74, 6) is 6.60. The van der Waals surface area contributed by atoms with E-state index in [4.69, 9.17) is 18.1 Å². The van der Waals surface area contributed by atoms with E-state index in [2.05, 4.69) is 19.8 Å². The lowest BCUT2D eigenvalue weighted by molar-refractivity contribution is 0.811. The Hall–Kier alpha value is -1.28. The number of nitrogens with zero attached hydrogens (tertiary/aromatic N) is 4.